The second-order valence-electron chi connectivity index (χ2n) is 6.79. The Morgan fingerprint density at radius 3 is 2.78 bits per heavy atom. The fraction of sp³-hybridized carbons (Fsp3) is 0.600. The third-order valence-electron chi connectivity index (χ3n) is 3.73. The van der Waals surface area contributed by atoms with Crippen LogP contribution in [0.4, 0.5) is 10.6 Å². The lowest BCUT2D eigenvalue weighted by Crippen LogP contribution is -2.55. The molecular formula is C15H22N6O2. The maximum Gasteiger partial charge on any atom is 0.410 e. The summed E-state index contributed by atoms with van der Waals surface area (Å²) in [5.74, 6) is 0.855. The van der Waals surface area contributed by atoms with Crippen molar-refractivity contribution in [1.29, 1.82) is 0 Å². The van der Waals surface area contributed by atoms with Crippen LogP contribution in [-0.2, 0) is 4.74 Å². The highest BCUT2D eigenvalue weighted by atomic mass is 16.6. The molecule has 1 unspecified atom stereocenters. The lowest BCUT2D eigenvalue weighted by Gasteiger charge is -2.40. The largest absolute Gasteiger partial charge is 0.444 e. The highest BCUT2D eigenvalue weighted by Gasteiger charge is 2.31. The second-order valence-corrected chi connectivity index (χ2v) is 6.79. The number of anilines is 1. The molecule has 1 aliphatic heterocycles. The van der Waals surface area contributed by atoms with Crippen LogP contribution in [0.15, 0.2) is 18.5 Å². The molecule has 1 fully saturated rings. The summed E-state index contributed by atoms with van der Waals surface area (Å²) < 4.78 is 7.12. The van der Waals surface area contributed by atoms with Crippen molar-refractivity contribution < 1.29 is 9.53 Å². The molecule has 3 heterocycles. The van der Waals surface area contributed by atoms with E-state index in [4.69, 9.17) is 4.74 Å². The first-order valence-corrected chi connectivity index (χ1v) is 7.75. The van der Waals surface area contributed by atoms with Gasteiger partial charge in [-0.3, -0.25) is 0 Å². The molecule has 2 aromatic rings. The van der Waals surface area contributed by atoms with Gasteiger partial charge < -0.3 is 14.5 Å². The van der Waals surface area contributed by atoms with Crippen LogP contribution in [0.1, 0.15) is 27.7 Å². The lowest BCUT2D eigenvalue weighted by atomic mass is 10.2. The Morgan fingerprint density at radius 1 is 1.30 bits per heavy atom. The predicted octanol–water partition coefficient (Wildman–Crippen LogP) is 1.57. The van der Waals surface area contributed by atoms with Crippen LogP contribution < -0.4 is 4.90 Å². The summed E-state index contributed by atoms with van der Waals surface area (Å²) in [5, 5.41) is 12.3. The van der Waals surface area contributed by atoms with E-state index in [1.54, 1.807) is 15.7 Å². The molecule has 8 nitrogen and oxygen atoms in total. The molecule has 1 aliphatic rings. The van der Waals surface area contributed by atoms with Crippen molar-refractivity contribution in [3.05, 3.63) is 18.5 Å². The van der Waals surface area contributed by atoms with E-state index in [1.165, 1.54) is 0 Å². The zero-order valence-corrected chi connectivity index (χ0v) is 13.9. The van der Waals surface area contributed by atoms with Gasteiger partial charge in [-0.2, -0.15) is 4.52 Å². The molecule has 0 bridgehead atoms. The van der Waals surface area contributed by atoms with Gasteiger partial charge in [-0.25, -0.2) is 4.79 Å². The summed E-state index contributed by atoms with van der Waals surface area (Å²) in [6.45, 7) is 9.69. The Labute approximate surface area is 135 Å². The van der Waals surface area contributed by atoms with Crippen molar-refractivity contribution in [2.45, 2.75) is 39.3 Å². The number of rotatable bonds is 1. The van der Waals surface area contributed by atoms with Gasteiger partial charge in [0.25, 0.3) is 0 Å². The van der Waals surface area contributed by atoms with Crippen LogP contribution in [0.5, 0.6) is 0 Å². The Bertz CT molecular complexity index is 707. The first-order valence-electron chi connectivity index (χ1n) is 7.75. The van der Waals surface area contributed by atoms with Gasteiger partial charge in [0, 0.05) is 25.7 Å². The van der Waals surface area contributed by atoms with Gasteiger partial charge in [0.05, 0.1) is 0 Å². The predicted molar refractivity (Wildman–Crippen MR) is 85.4 cm³/mol. The second kappa shape index (κ2) is 5.68. The van der Waals surface area contributed by atoms with Gasteiger partial charge in [-0.05, 0) is 39.8 Å². The van der Waals surface area contributed by atoms with Gasteiger partial charge in [0.1, 0.15) is 17.7 Å². The number of aromatic nitrogens is 4. The topological polar surface area (TPSA) is 75.9 Å². The van der Waals surface area contributed by atoms with Crippen LogP contribution >= 0.6 is 0 Å². The maximum atomic E-state index is 12.3. The first-order chi connectivity index (χ1) is 10.8. The third kappa shape index (κ3) is 3.35. The summed E-state index contributed by atoms with van der Waals surface area (Å²) in [7, 11) is 0. The monoisotopic (exact) mass is 318 g/mol. The smallest absolute Gasteiger partial charge is 0.410 e. The molecule has 23 heavy (non-hydrogen) atoms. The number of hydrogen-bond donors (Lipinski definition) is 0. The van der Waals surface area contributed by atoms with E-state index >= 15 is 0 Å². The molecule has 124 valence electrons. The Balaban J connectivity index is 1.69. The molecule has 1 saturated heterocycles. The fourth-order valence-electron chi connectivity index (χ4n) is 2.64. The van der Waals surface area contributed by atoms with E-state index in [-0.39, 0.29) is 12.1 Å². The van der Waals surface area contributed by atoms with Crippen molar-refractivity contribution in [3.8, 4) is 0 Å². The molecule has 1 atom stereocenters. The average Bonchev–Trinajstić information content (AvgIpc) is 2.92. The van der Waals surface area contributed by atoms with E-state index in [9.17, 15) is 4.79 Å². The highest BCUT2D eigenvalue weighted by Crippen LogP contribution is 2.19. The summed E-state index contributed by atoms with van der Waals surface area (Å²) in [4.78, 5) is 16.2. The molecule has 3 rings (SSSR count). The van der Waals surface area contributed by atoms with E-state index in [0.29, 0.717) is 25.3 Å². The lowest BCUT2D eigenvalue weighted by molar-refractivity contribution is 0.0158. The number of amides is 1. The van der Waals surface area contributed by atoms with E-state index in [2.05, 4.69) is 20.2 Å². The fourth-order valence-corrected chi connectivity index (χ4v) is 2.64. The maximum absolute atomic E-state index is 12.3. The van der Waals surface area contributed by atoms with Crippen LogP contribution in [0.3, 0.4) is 0 Å². The Morgan fingerprint density at radius 2 is 2.09 bits per heavy atom. The number of piperazine rings is 1. The summed E-state index contributed by atoms with van der Waals surface area (Å²) in [6.07, 6.45) is 1.33. The average molecular weight is 318 g/mol. The molecule has 0 saturated carbocycles. The highest BCUT2D eigenvalue weighted by molar-refractivity contribution is 5.69. The van der Waals surface area contributed by atoms with E-state index < -0.39 is 5.60 Å². The summed E-state index contributed by atoms with van der Waals surface area (Å²) in [6, 6.07) is 3.87. The summed E-state index contributed by atoms with van der Waals surface area (Å²) >= 11 is 0. The van der Waals surface area contributed by atoms with Crippen molar-refractivity contribution in [2.24, 2.45) is 0 Å². The van der Waals surface area contributed by atoms with Crippen LogP contribution in [0, 0.1) is 0 Å². The van der Waals surface area contributed by atoms with Crippen molar-refractivity contribution in [2.75, 3.05) is 24.5 Å². The quantitative estimate of drug-likeness (QED) is 0.794. The number of hydrogen-bond acceptors (Lipinski definition) is 6. The van der Waals surface area contributed by atoms with E-state index in [0.717, 1.165) is 5.82 Å². The van der Waals surface area contributed by atoms with Gasteiger partial charge >= 0.3 is 6.09 Å². The van der Waals surface area contributed by atoms with E-state index in [1.807, 2.05) is 39.8 Å². The SMILES string of the molecule is CC1CN(c2ccc3nncn3n2)CCN1C(=O)OC(C)(C)C. The van der Waals surface area contributed by atoms with Crippen molar-refractivity contribution in [3.63, 3.8) is 0 Å². The summed E-state index contributed by atoms with van der Waals surface area (Å²) in [5.41, 5.74) is 0.240. The molecule has 0 aromatic carbocycles. The number of nitrogens with zero attached hydrogens (tertiary/aromatic N) is 6. The molecule has 0 aliphatic carbocycles. The van der Waals surface area contributed by atoms with Crippen LogP contribution in [0.25, 0.3) is 5.65 Å². The van der Waals surface area contributed by atoms with Gasteiger partial charge in [0.15, 0.2) is 5.65 Å². The molecule has 0 N–H and O–H groups in total. The van der Waals surface area contributed by atoms with Crippen molar-refractivity contribution in [1.82, 2.24) is 24.7 Å². The molecule has 8 heteroatoms. The number of carbonyl (C=O) groups is 1. The molecule has 0 radical (unpaired) electrons. The minimum Gasteiger partial charge on any atom is -0.444 e. The normalized spacial score (nSPS) is 19.2. The molecule has 0 spiro atoms. The van der Waals surface area contributed by atoms with Crippen LogP contribution in [0.2, 0.25) is 0 Å². The molecule has 2 aromatic heterocycles. The van der Waals surface area contributed by atoms with Gasteiger partial charge in [0.2, 0.25) is 0 Å². The van der Waals surface area contributed by atoms with Gasteiger partial charge in [-0.15, -0.1) is 15.3 Å². The number of ether oxygens (including phenoxy) is 1. The standard InChI is InChI=1S/C15H22N6O2/c1-11-9-19(7-8-20(11)14(22)23-15(2,3)4)13-6-5-12-17-16-10-21(12)18-13/h5-6,10-11H,7-9H2,1-4H3. The Kier molecular flexibility index (Phi) is 3.83. The third-order valence-corrected chi connectivity index (χ3v) is 3.73. The zero-order chi connectivity index (χ0) is 16.6. The molecular weight excluding hydrogens is 296 g/mol. The minimum absolute atomic E-state index is 0.0528. The number of carbonyl (C=O) groups excluding carboxylic acids is 1. The van der Waals surface area contributed by atoms with Gasteiger partial charge in [-0.1, -0.05) is 0 Å². The van der Waals surface area contributed by atoms with Crippen molar-refractivity contribution >= 4 is 17.6 Å². The Hall–Kier alpha value is -2.38. The first kappa shape index (κ1) is 15.5. The molecule has 1 amide bonds. The van der Waals surface area contributed by atoms with Crippen LogP contribution in [-0.4, -0.2) is 62.1 Å². The number of fused-ring (bicyclic) bond motifs is 1. The zero-order valence-electron chi connectivity index (χ0n) is 13.9. The minimum atomic E-state index is -0.477.